The number of hydrogen-bond acceptors (Lipinski definition) is 5. The number of benzene rings is 1. The molecule has 1 aliphatic heterocycles. The van der Waals surface area contributed by atoms with Crippen molar-refractivity contribution in [2.75, 3.05) is 11.6 Å². The number of ether oxygens (including phenoxy) is 1. The van der Waals surface area contributed by atoms with Gasteiger partial charge in [0.05, 0.1) is 18.7 Å². The zero-order valence-electron chi connectivity index (χ0n) is 16.3. The van der Waals surface area contributed by atoms with E-state index >= 15 is 0 Å². The molecule has 1 aromatic carbocycles. The van der Waals surface area contributed by atoms with Gasteiger partial charge in [-0.05, 0) is 31.9 Å². The number of carbonyl (C=O) groups excluding carboxylic acids is 4. The highest BCUT2D eigenvalue weighted by Crippen LogP contribution is 2.26. The molecule has 0 saturated carbocycles. The standard InChI is InChI=1S/C19H26N4O5/c1-4-5-10-28-19(27)21-12(2)17(25)20-13(3)18(26)22-23-15-9-7-6-8-14(15)11-16(23)24/h6-9,12-13H,4-5,10-11H2,1-3H3,(H,20,25)(H,21,27)(H,22,26). The quantitative estimate of drug-likeness (QED) is 0.573. The minimum atomic E-state index is -0.909. The first-order valence-electron chi connectivity index (χ1n) is 9.28. The van der Waals surface area contributed by atoms with Crippen LogP contribution in [0.2, 0.25) is 0 Å². The van der Waals surface area contributed by atoms with Crippen molar-refractivity contribution in [1.82, 2.24) is 16.1 Å². The Balaban J connectivity index is 1.84. The van der Waals surface area contributed by atoms with Crippen LogP contribution in [0.3, 0.4) is 0 Å². The molecule has 0 fully saturated rings. The summed E-state index contributed by atoms with van der Waals surface area (Å²) < 4.78 is 4.94. The number of rotatable bonds is 8. The first kappa shape index (κ1) is 21.2. The molecule has 1 heterocycles. The van der Waals surface area contributed by atoms with Gasteiger partial charge in [0.1, 0.15) is 12.1 Å². The van der Waals surface area contributed by atoms with Crippen LogP contribution in [-0.4, -0.2) is 42.5 Å². The Labute approximate surface area is 163 Å². The highest BCUT2D eigenvalue weighted by molar-refractivity contribution is 6.04. The van der Waals surface area contributed by atoms with Crippen molar-refractivity contribution in [3.8, 4) is 0 Å². The van der Waals surface area contributed by atoms with E-state index in [1.165, 1.54) is 18.9 Å². The number of fused-ring (bicyclic) bond motifs is 1. The summed E-state index contributed by atoms with van der Waals surface area (Å²) in [4.78, 5) is 48.3. The largest absolute Gasteiger partial charge is 0.450 e. The van der Waals surface area contributed by atoms with Gasteiger partial charge in [-0.25, -0.2) is 9.80 Å². The van der Waals surface area contributed by atoms with Crippen LogP contribution >= 0.6 is 0 Å². The number of alkyl carbamates (subject to hydrolysis) is 1. The lowest BCUT2D eigenvalue weighted by molar-refractivity contribution is -0.130. The fraction of sp³-hybridized carbons (Fsp3) is 0.474. The van der Waals surface area contributed by atoms with Crippen LogP contribution in [-0.2, 0) is 25.5 Å². The number of unbranched alkanes of at least 4 members (excludes halogenated alkanes) is 1. The maximum absolute atomic E-state index is 12.4. The number of hydrogen-bond donors (Lipinski definition) is 3. The first-order chi connectivity index (χ1) is 13.3. The molecule has 9 heteroatoms. The van der Waals surface area contributed by atoms with E-state index in [1.54, 1.807) is 12.1 Å². The predicted octanol–water partition coefficient (Wildman–Crippen LogP) is 1.03. The molecule has 2 atom stereocenters. The molecule has 0 bridgehead atoms. The zero-order chi connectivity index (χ0) is 20.7. The summed E-state index contributed by atoms with van der Waals surface area (Å²) >= 11 is 0. The average molecular weight is 390 g/mol. The van der Waals surface area contributed by atoms with Crippen LogP contribution in [0.1, 0.15) is 39.2 Å². The van der Waals surface area contributed by atoms with Crippen molar-refractivity contribution in [1.29, 1.82) is 0 Å². The molecule has 28 heavy (non-hydrogen) atoms. The molecule has 2 unspecified atom stereocenters. The van der Waals surface area contributed by atoms with Gasteiger partial charge < -0.3 is 15.4 Å². The van der Waals surface area contributed by atoms with Crippen LogP contribution in [0.4, 0.5) is 10.5 Å². The molecular formula is C19H26N4O5. The number of anilines is 1. The predicted molar refractivity (Wildman–Crippen MR) is 102 cm³/mol. The molecule has 152 valence electrons. The highest BCUT2D eigenvalue weighted by Gasteiger charge is 2.30. The number of nitrogens with zero attached hydrogens (tertiary/aromatic N) is 1. The van der Waals surface area contributed by atoms with Crippen LogP contribution in [0.15, 0.2) is 24.3 Å². The summed E-state index contributed by atoms with van der Waals surface area (Å²) in [5.41, 5.74) is 3.96. The van der Waals surface area contributed by atoms with E-state index in [9.17, 15) is 19.2 Å². The Morgan fingerprint density at radius 1 is 1.11 bits per heavy atom. The van der Waals surface area contributed by atoms with Gasteiger partial charge >= 0.3 is 6.09 Å². The lowest BCUT2D eigenvalue weighted by Crippen LogP contribution is -2.55. The van der Waals surface area contributed by atoms with Gasteiger partial charge in [-0.2, -0.15) is 0 Å². The fourth-order valence-electron chi connectivity index (χ4n) is 2.58. The Morgan fingerprint density at radius 3 is 2.50 bits per heavy atom. The Morgan fingerprint density at radius 2 is 1.79 bits per heavy atom. The SMILES string of the molecule is CCCCOC(=O)NC(C)C(=O)NC(C)C(=O)NN1C(=O)Cc2ccccc21. The molecule has 0 spiro atoms. The average Bonchev–Trinajstić information content (AvgIpc) is 2.97. The zero-order valence-corrected chi connectivity index (χ0v) is 16.3. The number of hydrazine groups is 1. The molecule has 0 aliphatic carbocycles. The summed E-state index contributed by atoms with van der Waals surface area (Å²) in [6, 6.07) is 5.36. The number of para-hydroxylation sites is 1. The van der Waals surface area contributed by atoms with Crippen molar-refractivity contribution in [3.05, 3.63) is 29.8 Å². The molecular weight excluding hydrogens is 364 g/mol. The monoisotopic (exact) mass is 390 g/mol. The number of amides is 4. The van der Waals surface area contributed by atoms with Crippen molar-refractivity contribution in [3.63, 3.8) is 0 Å². The summed E-state index contributed by atoms with van der Waals surface area (Å²) in [5.74, 6) is -1.34. The number of nitrogens with one attached hydrogen (secondary N) is 3. The van der Waals surface area contributed by atoms with Gasteiger partial charge in [0.15, 0.2) is 0 Å². The van der Waals surface area contributed by atoms with Gasteiger partial charge in [-0.15, -0.1) is 0 Å². The molecule has 0 aromatic heterocycles. The molecule has 3 N–H and O–H groups in total. The van der Waals surface area contributed by atoms with E-state index in [1.807, 2.05) is 19.1 Å². The summed E-state index contributed by atoms with van der Waals surface area (Å²) in [6.07, 6.45) is 1.15. The van der Waals surface area contributed by atoms with Gasteiger partial charge in [0.2, 0.25) is 11.8 Å². The van der Waals surface area contributed by atoms with Gasteiger partial charge in [0.25, 0.3) is 5.91 Å². The van der Waals surface area contributed by atoms with Gasteiger partial charge in [-0.3, -0.25) is 19.8 Å². The van der Waals surface area contributed by atoms with Crippen molar-refractivity contribution in [2.45, 2.75) is 52.1 Å². The molecule has 1 aromatic rings. The van der Waals surface area contributed by atoms with E-state index in [0.29, 0.717) is 5.69 Å². The van der Waals surface area contributed by atoms with Crippen LogP contribution in [0, 0.1) is 0 Å². The lowest BCUT2D eigenvalue weighted by Gasteiger charge is -2.22. The third-order valence-electron chi connectivity index (χ3n) is 4.26. The molecule has 0 saturated heterocycles. The molecule has 0 radical (unpaired) electrons. The normalized spacial score (nSPS) is 14.7. The second kappa shape index (κ2) is 9.72. The maximum atomic E-state index is 12.4. The third kappa shape index (κ3) is 5.45. The minimum absolute atomic E-state index is 0.207. The molecule has 4 amide bonds. The van der Waals surface area contributed by atoms with E-state index in [4.69, 9.17) is 4.74 Å². The topological polar surface area (TPSA) is 117 Å². The number of carbonyl (C=O) groups is 4. The molecule has 9 nitrogen and oxygen atoms in total. The van der Waals surface area contributed by atoms with E-state index in [0.717, 1.165) is 18.4 Å². The molecule has 1 aliphatic rings. The van der Waals surface area contributed by atoms with E-state index in [-0.39, 0.29) is 18.9 Å². The minimum Gasteiger partial charge on any atom is -0.450 e. The van der Waals surface area contributed by atoms with E-state index in [2.05, 4.69) is 16.1 Å². The van der Waals surface area contributed by atoms with Crippen molar-refractivity contribution in [2.24, 2.45) is 0 Å². The Bertz CT molecular complexity index is 752. The third-order valence-corrected chi connectivity index (χ3v) is 4.26. The maximum Gasteiger partial charge on any atom is 0.407 e. The van der Waals surface area contributed by atoms with Crippen LogP contribution in [0.5, 0.6) is 0 Å². The van der Waals surface area contributed by atoms with Crippen LogP contribution in [0.25, 0.3) is 0 Å². The molecule has 2 rings (SSSR count). The van der Waals surface area contributed by atoms with Gasteiger partial charge in [-0.1, -0.05) is 31.5 Å². The van der Waals surface area contributed by atoms with Crippen molar-refractivity contribution >= 4 is 29.5 Å². The second-order valence-electron chi connectivity index (χ2n) is 6.60. The first-order valence-corrected chi connectivity index (χ1v) is 9.28. The van der Waals surface area contributed by atoms with Crippen molar-refractivity contribution < 1.29 is 23.9 Å². The lowest BCUT2D eigenvalue weighted by atomic mass is 10.2. The highest BCUT2D eigenvalue weighted by atomic mass is 16.5. The second-order valence-corrected chi connectivity index (χ2v) is 6.60. The Kier molecular flexibility index (Phi) is 7.36. The van der Waals surface area contributed by atoms with Crippen LogP contribution < -0.4 is 21.1 Å². The summed E-state index contributed by atoms with van der Waals surface area (Å²) in [7, 11) is 0. The smallest absolute Gasteiger partial charge is 0.407 e. The fourth-order valence-corrected chi connectivity index (χ4v) is 2.58. The van der Waals surface area contributed by atoms with E-state index < -0.39 is 30.0 Å². The Hall–Kier alpha value is -3.10. The summed E-state index contributed by atoms with van der Waals surface area (Å²) in [6.45, 7) is 5.23. The van der Waals surface area contributed by atoms with Gasteiger partial charge in [0, 0.05) is 0 Å². The summed E-state index contributed by atoms with van der Waals surface area (Å²) in [5, 5.41) is 6.10.